The SMILES string of the molecule is CCNCCCC(C)N1CCC(C)(C)C1. The van der Waals surface area contributed by atoms with Gasteiger partial charge in [-0.05, 0) is 51.2 Å². The Morgan fingerprint density at radius 3 is 2.67 bits per heavy atom. The van der Waals surface area contributed by atoms with E-state index in [2.05, 4.69) is 37.9 Å². The predicted octanol–water partition coefficient (Wildman–Crippen LogP) is 2.50. The molecule has 1 heterocycles. The number of nitrogens with one attached hydrogen (secondary N) is 1. The van der Waals surface area contributed by atoms with E-state index in [4.69, 9.17) is 0 Å². The van der Waals surface area contributed by atoms with Crippen LogP contribution in [0.25, 0.3) is 0 Å². The maximum atomic E-state index is 3.39. The van der Waals surface area contributed by atoms with Gasteiger partial charge in [0.05, 0.1) is 0 Å². The summed E-state index contributed by atoms with van der Waals surface area (Å²) in [5, 5.41) is 3.39. The fourth-order valence-electron chi connectivity index (χ4n) is 2.41. The standard InChI is InChI=1S/C13H28N2/c1-5-14-9-6-7-12(2)15-10-8-13(3,4)11-15/h12,14H,5-11H2,1-4H3. The second kappa shape index (κ2) is 5.86. The quantitative estimate of drug-likeness (QED) is 0.681. The van der Waals surface area contributed by atoms with Crippen LogP contribution in [0.4, 0.5) is 0 Å². The molecule has 1 unspecified atom stereocenters. The van der Waals surface area contributed by atoms with Gasteiger partial charge in [-0.2, -0.15) is 0 Å². The third-order valence-corrected chi connectivity index (χ3v) is 3.56. The average molecular weight is 212 g/mol. The van der Waals surface area contributed by atoms with Crippen LogP contribution in [-0.4, -0.2) is 37.1 Å². The molecule has 0 spiro atoms. The Kier molecular flexibility index (Phi) is 5.07. The van der Waals surface area contributed by atoms with Crippen LogP contribution in [0.15, 0.2) is 0 Å². The lowest BCUT2D eigenvalue weighted by molar-refractivity contribution is 0.218. The molecule has 0 aromatic rings. The largest absolute Gasteiger partial charge is 0.317 e. The molecule has 0 aromatic carbocycles. The van der Waals surface area contributed by atoms with Crippen LogP contribution in [0, 0.1) is 5.41 Å². The van der Waals surface area contributed by atoms with Crippen molar-refractivity contribution >= 4 is 0 Å². The number of hydrogen-bond acceptors (Lipinski definition) is 2. The maximum Gasteiger partial charge on any atom is 0.00676 e. The Balaban J connectivity index is 2.15. The van der Waals surface area contributed by atoms with Gasteiger partial charge in [0, 0.05) is 12.6 Å². The van der Waals surface area contributed by atoms with E-state index in [1.165, 1.54) is 38.9 Å². The topological polar surface area (TPSA) is 15.3 Å². The van der Waals surface area contributed by atoms with Gasteiger partial charge in [0.1, 0.15) is 0 Å². The van der Waals surface area contributed by atoms with Crippen molar-refractivity contribution in [3.63, 3.8) is 0 Å². The summed E-state index contributed by atoms with van der Waals surface area (Å²) in [6, 6.07) is 0.769. The number of hydrogen-bond donors (Lipinski definition) is 1. The molecule has 2 heteroatoms. The molecule has 90 valence electrons. The third-order valence-electron chi connectivity index (χ3n) is 3.56. The van der Waals surface area contributed by atoms with Gasteiger partial charge in [0.25, 0.3) is 0 Å². The van der Waals surface area contributed by atoms with Gasteiger partial charge in [-0.25, -0.2) is 0 Å². The molecular weight excluding hydrogens is 184 g/mol. The van der Waals surface area contributed by atoms with Gasteiger partial charge < -0.3 is 10.2 Å². The highest BCUT2D eigenvalue weighted by Crippen LogP contribution is 2.30. The van der Waals surface area contributed by atoms with Crippen LogP contribution in [0.2, 0.25) is 0 Å². The first-order chi connectivity index (χ1) is 7.05. The predicted molar refractivity (Wildman–Crippen MR) is 67.2 cm³/mol. The zero-order valence-electron chi connectivity index (χ0n) is 11.0. The van der Waals surface area contributed by atoms with Crippen molar-refractivity contribution in [2.24, 2.45) is 5.41 Å². The Morgan fingerprint density at radius 1 is 1.40 bits per heavy atom. The van der Waals surface area contributed by atoms with E-state index in [9.17, 15) is 0 Å². The van der Waals surface area contributed by atoms with Crippen molar-refractivity contribution in [3.8, 4) is 0 Å². The van der Waals surface area contributed by atoms with E-state index >= 15 is 0 Å². The minimum absolute atomic E-state index is 0.552. The Labute approximate surface area is 95.4 Å². The summed E-state index contributed by atoms with van der Waals surface area (Å²) >= 11 is 0. The zero-order valence-corrected chi connectivity index (χ0v) is 11.0. The normalized spacial score (nSPS) is 23.2. The molecule has 0 radical (unpaired) electrons. The molecular formula is C13H28N2. The lowest BCUT2D eigenvalue weighted by atomic mass is 9.93. The van der Waals surface area contributed by atoms with Crippen LogP contribution in [0.3, 0.4) is 0 Å². The molecule has 0 saturated carbocycles. The van der Waals surface area contributed by atoms with E-state index < -0.39 is 0 Å². The minimum atomic E-state index is 0.552. The average Bonchev–Trinajstić information content (AvgIpc) is 2.53. The van der Waals surface area contributed by atoms with Crippen LogP contribution < -0.4 is 5.32 Å². The zero-order chi connectivity index (χ0) is 11.3. The second-order valence-corrected chi connectivity index (χ2v) is 5.73. The highest BCUT2D eigenvalue weighted by atomic mass is 15.2. The van der Waals surface area contributed by atoms with Crippen molar-refractivity contribution in [1.82, 2.24) is 10.2 Å². The molecule has 1 saturated heterocycles. The van der Waals surface area contributed by atoms with Crippen molar-refractivity contribution in [2.75, 3.05) is 26.2 Å². The first-order valence-corrected chi connectivity index (χ1v) is 6.50. The van der Waals surface area contributed by atoms with Crippen LogP contribution >= 0.6 is 0 Å². The molecule has 0 aromatic heterocycles. The molecule has 1 rings (SSSR count). The summed E-state index contributed by atoms with van der Waals surface area (Å²) < 4.78 is 0. The summed E-state index contributed by atoms with van der Waals surface area (Å²) in [5.41, 5.74) is 0.552. The molecule has 15 heavy (non-hydrogen) atoms. The van der Waals surface area contributed by atoms with E-state index in [0.717, 1.165) is 12.6 Å². The summed E-state index contributed by atoms with van der Waals surface area (Å²) in [6.45, 7) is 14.2. The Hall–Kier alpha value is -0.0800. The molecule has 1 atom stereocenters. The van der Waals surface area contributed by atoms with E-state index in [0.29, 0.717) is 5.41 Å². The van der Waals surface area contributed by atoms with Crippen LogP contribution in [-0.2, 0) is 0 Å². The van der Waals surface area contributed by atoms with Crippen molar-refractivity contribution in [2.45, 2.75) is 53.0 Å². The number of likely N-dealkylation sites (tertiary alicyclic amines) is 1. The molecule has 1 aliphatic heterocycles. The third kappa shape index (κ3) is 4.52. The summed E-state index contributed by atoms with van der Waals surface area (Å²) in [6.07, 6.45) is 4.01. The van der Waals surface area contributed by atoms with Gasteiger partial charge in [0.15, 0.2) is 0 Å². The summed E-state index contributed by atoms with van der Waals surface area (Å²) in [4.78, 5) is 2.66. The minimum Gasteiger partial charge on any atom is -0.317 e. The van der Waals surface area contributed by atoms with Crippen molar-refractivity contribution in [3.05, 3.63) is 0 Å². The maximum absolute atomic E-state index is 3.39. The van der Waals surface area contributed by atoms with E-state index in [1.54, 1.807) is 0 Å². The van der Waals surface area contributed by atoms with Gasteiger partial charge in [-0.15, -0.1) is 0 Å². The van der Waals surface area contributed by atoms with Gasteiger partial charge in [-0.3, -0.25) is 0 Å². The monoisotopic (exact) mass is 212 g/mol. The van der Waals surface area contributed by atoms with Crippen LogP contribution in [0.1, 0.15) is 47.0 Å². The van der Waals surface area contributed by atoms with E-state index in [1.807, 2.05) is 0 Å². The highest BCUT2D eigenvalue weighted by Gasteiger charge is 2.31. The van der Waals surface area contributed by atoms with Crippen molar-refractivity contribution < 1.29 is 0 Å². The lowest BCUT2D eigenvalue weighted by Crippen LogP contribution is -2.32. The smallest absolute Gasteiger partial charge is 0.00676 e. The van der Waals surface area contributed by atoms with E-state index in [-0.39, 0.29) is 0 Å². The second-order valence-electron chi connectivity index (χ2n) is 5.73. The molecule has 2 nitrogen and oxygen atoms in total. The van der Waals surface area contributed by atoms with Gasteiger partial charge in [-0.1, -0.05) is 20.8 Å². The van der Waals surface area contributed by atoms with Gasteiger partial charge >= 0.3 is 0 Å². The first-order valence-electron chi connectivity index (χ1n) is 6.50. The first kappa shape index (κ1) is 13.0. The number of nitrogens with zero attached hydrogens (tertiary/aromatic N) is 1. The summed E-state index contributed by atoms with van der Waals surface area (Å²) in [5.74, 6) is 0. The molecule has 0 amide bonds. The Bertz CT molecular complexity index is 177. The van der Waals surface area contributed by atoms with Crippen molar-refractivity contribution in [1.29, 1.82) is 0 Å². The molecule has 0 bridgehead atoms. The Morgan fingerprint density at radius 2 is 2.13 bits per heavy atom. The fourth-order valence-corrected chi connectivity index (χ4v) is 2.41. The molecule has 0 aliphatic carbocycles. The molecule has 1 N–H and O–H groups in total. The van der Waals surface area contributed by atoms with Gasteiger partial charge in [0.2, 0.25) is 0 Å². The van der Waals surface area contributed by atoms with Crippen LogP contribution in [0.5, 0.6) is 0 Å². The number of rotatable bonds is 6. The highest BCUT2D eigenvalue weighted by molar-refractivity contribution is 4.85. The summed E-state index contributed by atoms with van der Waals surface area (Å²) in [7, 11) is 0. The fraction of sp³-hybridized carbons (Fsp3) is 1.00. The molecule has 1 fully saturated rings. The molecule has 1 aliphatic rings. The lowest BCUT2D eigenvalue weighted by Gasteiger charge is -2.26.